The maximum atomic E-state index is 13.2. The lowest BCUT2D eigenvalue weighted by atomic mass is 9.74. The molecule has 0 unspecified atom stereocenters. The van der Waals surface area contributed by atoms with E-state index in [4.69, 9.17) is 18.9 Å². The van der Waals surface area contributed by atoms with Gasteiger partial charge in [-0.2, -0.15) is 0 Å². The zero-order valence-electron chi connectivity index (χ0n) is 22.4. The molecule has 0 bridgehead atoms. The van der Waals surface area contributed by atoms with Gasteiger partial charge in [-0.3, -0.25) is 0 Å². The van der Waals surface area contributed by atoms with Crippen LogP contribution in [0.1, 0.15) is 37.3 Å². The monoisotopic (exact) mass is 518 g/mol. The van der Waals surface area contributed by atoms with Gasteiger partial charge in [0.15, 0.2) is 12.3 Å². The van der Waals surface area contributed by atoms with Gasteiger partial charge in [0.05, 0.1) is 31.6 Å². The quantitative estimate of drug-likeness (QED) is 0.318. The first-order valence-electron chi connectivity index (χ1n) is 13.0. The minimum absolute atomic E-state index is 0.0149. The fourth-order valence-electron chi connectivity index (χ4n) is 5.75. The first-order valence-corrected chi connectivity index (χ1v) is 13.0. The lowest BCUT2D eigenvalue weighted by Gasteiger charge is -2.31. The molecular formula is C30H34N2O6. The summed E-state index contributed by atoms with van der Waals surface area (Å²) in [5.41, 5.74) is 2.55. The number of benzene rings is 2. The van der Waals surface area contributed by atoms with Crippen molar-refractivity contribution in [1.82, 2.24) is 4.57 Å². The van der Waals surface area contributed by atoms with E-state index < -0.39 is 17.5 Å². The Morgan fingerprint density at radius 2 is 2.00 bits per heavy atom. The molecule has 3 aromatic rings. The third-order valence-corrected chi connectivity index (χ3v) is 7.87. The molecule has 2 atom stereocenters. The Morgan fingerprint density at radius 3 is 2.71 bits per heavy atom. The van der Waals surface area contributed by atoms with Crippen molar-refractivity contribution in [3.8, 4) is 5.75 Å². The molecule has 2 aromatic carbocycles. The van der Waals surface area contributed by atoms with Crippen LogP contribution in [0.4, 0.5) is 0 Å². The van der Waals surface area contributed by atoms with Gasteiger partial charge in [-0.25, -0.2) is 4.79 Å². The molecule has 0 radical (unpaired) electrons. The van der Waals surface area contributed by atoms with Crippen molar-refractivity contribution >= 4 is 22.7 Å². The summed E-state index contributed by atoms with van der Waals surface area (Å²) >= 11 is 0. The molecular weight excluding hydrogens is 484 g/mol. The number of fused-ring (bicyclic) bond motifs is 2. The summed E-state index contributed by atoms with van der Waals surface area (Å²) in [7, 11) is 4.99. The predicted molar refractivity (Wildman–Crippen MR) is 140 cm³/mol. The van der Waals surface area contributed by atoms with Gasteiger partial charge in [0, 0.05) is 31.1 Å². The van der Waals surface area contributed by atoms with Crippen LogP contribution in [-0.2, 0) is 39.1 Å². The Hall–Kier alpha value is -3.78. The molecule has 0 spiro atoms. The van der Waals surface area contributed by atoms with Crippen LogP contribution in [0, 0.1) is 5.41 Å². The number of rotatable bonds is 9. The fourth-order valence-corrected chi connectivity index (χ4v) is 5.75. The lowest BCUT2D eigenvalue weighted by molar-refractivity contribution is -0.465. The van der Waals surface area contributed by atoms with Crippen LogP contribution in [0.5, 0.6) is 5.75 Å². The van der Waals surface area contributed by atoms with Crippen molar-refractivity contribution in [3.63, 3.8) is 0 Å². The number of carbonyl (C=O) groups excluding carboxylic acids is 1. The second-order valence-corrected chi connectivity index (χ2v) is 9.89. The highest BCUT2D eigenvalue weighted by Crippen LogP contribution is 2.48. The average molecular weight is 519 g/mol. The zero-order valence-corrected chi connectivity index (χ0v) is 22.4. The second-order valence-electron chi connectivity index (χ2n) is 9.89. The van der Waals surface area contributed by atoms with E-state index in [1.54, 1.807) is 11.7 Å². The highest BCUT2D eigenvalue weighted by molar-refractivity contribution is 5.91. The smallest absolute Gasteiger partial charge is 0.389 e. The van der Waals surface area contributed by atoms with Gasteiger partial charge in [-0.15, -0.1) is 4.58 Å². The largest absolute Gasteiger partial charge is 0.614 e. The molecule has 1 fully saturated rings. The Morgan fingerprint density at radius 1 is 1.21 bits per heavy atom. The van der Waals surface area contributed by atoms with Crippen molar-refractivity contribution in [2.45, 2.75) is 45.3 Å². The summed E-state index contributed by atoms with van der Waals surface area (Å²) in [6, 6.07) is 15.8. The number of methoxy groups -OCH3 is 2. The molecule has 1 amide bonds. The van der Waals surface area contributed by atoms with E-state index in [1.165, 1.54) is 7.11 Å². The third-order valence-electron chi connectivity index (χ3n) is 7.87. The van der Waals surface area contributed by atoms with Crippen LogP contribution >= 0.6 is 0 Å². The van der Waals surface area contributed by atoms with E-state index in [2.05, 4.69) is 17.7 Å². The predicted octanol–water partition coefficient (Wildman–Crippen LogP) is 3.65. The highest BCUT2D eigenvalue weighted by Gasteiger charge is 2.62. The lowest BCUT2D eigenvalue weighted by Crippen LogP contribution is -2.48. The molecule has 0 N–H and O–H groups in total. The number of hydrogen-bond acceptors (Lipinski definition) is 6. The van der Waals surface area contributed by atoms with Crippen LogP contribution in [0.15, 0.2) is 66.4 Å². The molecule has 2 aliphatic heterocycles. The maximum Gasteiger partial charge on any atom is 0.389 e. The summed E-state index contributed by atoms with van der Waals surface area (Å²) in [5.74, 6) is 0.812. The number of amides is 1. The first kappa shape index (κ1) is 25.9. The molecule has 8 heteroatoms. The molecule has 1 saturated heterocycles. The number of carbonyl (C=O) groups is 1. The van der Waals surface area contributed by atoms with Crippen LogP contribution in [-0.4, -0.2) is 47.8 Å². The molecule has 0 aliphatic carbocycles. The topological polar surface area (TPSA) is 85.0 Å². The van der Waals surface area contributed by atoms with Crippen molar-refractivity contribution in [2.24, 2.45) is 12.5 Å². The standard InChI is InChI=1S/C30H34N2O6/c1-5-30-15-13-25(33)32(16-14-21-18-31(2)24-17-22(35-3)11-12-23(21)24)29(30)38-26(28(34)36-4)27(30)37-19-20-9-7-6-8-10-20/h6-12,17-18,27H,5,13-16,19H2,1-4H3/b28-26+/t27-,30-/m0/s1. The van der Waals surface area contributed by atoms with Gasteiger partial charge in [0.1, 0.15) is 17.3 Å². The number of aromatic nitrogens is 1. The van der Waals surface area contributed by atoms with E-state index >= 15 is 0 Å². The fraction of sp³-hybridized carbons (Fsp3) is 0.400. The van der Waals surface area contributed by atoms with Gasteiger partial charge in [0.25, 0.3) is 0 Å². The van der Waals surface area contributed by atoms with Crippen molar-refractivity contribution in [1.29, 1.82) is 0 Å². The highest BCUT2D eigenvalue weighted by atomic mass is 16.6. The SMILES string of the molecule is CC[C@@]12CCC(=O)[N+](CCc3cn(C)c4cc(OC)ccc34)=C1O/C(=C(\[O-])OC)[C@@H]2OCc1ccccc1. The van der Waals surface area contributed by atoms with Crippen LogP contribution in [0.25, 0.3) is 10.9 Å². The van der Waals surface area contributed by atoms with Gasteiger partial charge >= 0.3 is 11.8 Å². The zero-order chi connectivity index (χ0) is 26.9. The Labute approximate surface area is 222 Å². The minimum Gasteiger partial charge on any atom is -0.614 e. The summed E-state index contributed by atoms with van der Waals surface area (Å²) in [6.07, 6.45) is 3.63. The minimum atomic E-state index is -0.643. The number of hydrogen-bond donors (Lipinski definition) is 0. The van der Waals surface area contributed by atoms with E-state index in [9.17, 15) is 9.90 Å². The molecule has 2 aliphatic rings. The maximum absolute atomic E-state index is 13.2. The molecule has 5 rings (SSSR count). The summed E-state index contributed by atoms with van der Waals surface area (Å²) in [6.45, 7) is 2.80. The molecule has 0 saturated carbocycles. The number of aryl methyl sites for hydroxylation is 1. The van der Waals surface area contributed by atoms with Gasteiger partial charge in [-0.05, 0) is 43.2 Å². The Balaban J connectivity index is 1.50. The van der Waals surface area contributed by atoms with Crippen LogP contribution < -0.4 is 9.84 Å². The Kier molecular flexibility index (Phi) is 7.17. The molecule has 200 valence electrons. The summed E-state index contributed by atoms with van der Waals surface area (Å²) in [5, 5.41) is 13.9. The molecule has 8 nitrogen and oxygen atoms in total. The van der Waals surface area contributed by atoms with Gasteiger partial charge in [0.2, 0.25) is 0 Å². The molecule has 3 heterocycles. The van der Waals surface area contributed by atoms with Crippen molar-refractivity contribution < 1.29 is 33.4 Å². The van der Waals surface area contributed by atoms with E-state index in [-0.39, 0.29) is 11.7 Å². The van der Waals surface area contributed by atoms with Crippen molar-refractivity contribution in [3.05, 3.63) is 77.6 Å². The van der Waals surface area contributed by atoms with E-state index in [0.29, 0.717) is 44.7 Å². The van der Waals surface area contributed by atoms with Gasteiger partial charge < -0.3 is 28.6 Å². The van der Waals surface area contributed by atoms with Crippen molar-refractivity contribution in [2.75, 3.05) is 20.8 Å². The summed E-state index contributed by atoms with van der Waals surface area (Å²) < 4.78 is 26.8. The third kappa shape index (κ3) is 4.43. The number of ether oxygens (including phenoxy) is 4. The summed E-state index contributed by atoms with van der Waals surface area (Å²) in [4.78, 5) is 13.2. The van der Waals surface area contributed by atoms with E-state index in [0.717, 1.165) is 27.8 Å². The van der Waals surface area contributed by atoms with Crippen LogP contribution in [0.3, 0.4) is 0 Å². The van der Waals surface area contributed by atoms with Gasteiger partial charge in [-0.1, -0.05) is 37.3 Å². The first-order chi connectivity index (χ1) is 18.4. The van der Waals surface area contributed by atoms with Crippen LogP contribution in [0.2, 0.25) is 0 Å². The molecule has 38 heavy (non-hydrogen) atoms. The van der Waals surface area contributed by atoms with E-state index in [1.807, 2.05) is 55.6 Å². The average Bonchev–Trinajstić information content (AvgIpc) is 3.45. The Bertz CT molecular complexity index is 1410. The normalized spacial score (nSPS) is 22.4. The number of nitrogens with zero attached hydrogens (tertiary/aromatic N) is 2. The second kappa shape index (κ2) is 10.5. The molecule has 1 aromatic heterocycles.